The number of nitrogens with one attached hydrogen (secondary N) is 1. The monoisotopic (exact) mass is 193 g/mol. The lowest BCUT2D eigenvalue weighted by molar-refractivity contribution is 0.0765. The molecule has 0 saturated carbocycles. The predicted molar refractivity (Wildman–Crippen MR) is 49.2 cm³/mol. The smallest absolute Gasteiger partial charge is 0.296 e. The Balaban J connectivity index is 2.69. The zero-order valence-corrected chi connectivity index (χ0v) is 7.90. The third kappa shape index (κ3) is 2.29. The van der Waals surface area contributed by atoms with E-state index < -0.39 is 0 Å². The Morgan fingerprint density at radius 1 is 1.71 bits per heavy atom. The van der Waals surface area contributed by atoms with Crippen molar-refractivity contribution in [1.29, 1.82) is 0 Å². The molecule has 1 rings (SSSR count). The average Bonchev–Trinajstić information content (AvgIpc) is 2.69. The van der Waals surface area contributed by atoms with Gasteiger partial charge in [-0.05, 0) is 11.6 Å². The van der Waals surface area contributed by atoms with E-state index in [1.165, 1.54) is 4.90 Å². The van der Waals surface area contributed by atoms with Gasteiger partial charge in [0, 0.05) is 6.54 Å². The highest BCUT2D eigenvalue weighted by Crippen LogP contribution is 1.97. The molecule has 6 nitrogen and oxygen atoms in total. The van der Waals surface area contributed by atoms with Crippen molar-refractivity contribution in [3.8, 4) is 12.3 Å². The fourth-order valence-corrected chi connectivity index (χ4v) is 1.03. The van der Waals surface area contributed by atoms with E-state index in [1.807, 2.05) is 6.92 Å². The molecule has 14 heavy (non-hydrogen) atoms. The maximum Gasteiger partial charge on any atom is 0.296 e. The summed E-state index contributed by atoms with van der Waals surface area (Å²) in [6.07, 6.45) is 5.98. The van der Waals surface area contributed by atoms with Crippen LogP contribution in [0.5, 0.6) is 0 Å². The van der Waals surface area contributed by atoms with E-state index >= 15 is 0 Å². The van der Waals surface area contributed by atoms with Crippen LogP contribution < -0.4 is 0 Å². The second-order valence-corrected chi connectivity index (χ2v) is 2.67. The van der Waals surface area contributed by atoms with Gasteiger partial charge in [0.05, 0.1) is 6.54 Å². The zero-order chi connectivity index (χ0) is 10.4. The summed E-state index contributed by atoms with van der Waals surface area (Å²) >= 11 is 0. The molecule has 0 fully saturated rings. The SMILES string of the molecule is C#CCN(CCC)C(=O)c1nn[nH]n1. The second kappa shape index (κ2) is 4.97. The van der Waals surface area contributed by atoms with Gasteiger partial charge in [-0.3, -0.25) is 4.79 Å². The third-order valence-corrected chi connectivity index (χ3v) is 1.60. The summed E-state index contributed by atoms with van der Waals surface area (Å²) in [7, 11) is 0. The molecule has 0 unspecified atom stereocenters. The second-order valence-electron chi connectivity index (χ2n) is 2.67. The summed E-state index contributed by atoms with van der Waals surface area (Å²) in [5.74, 6) is 2.17. The van der Waals surface area contributed by atoms with E-state index in [0.717, 1.165) is 6.42 Å². The maximum absolute atomic E-state index is 11.6. The molecule has 0 saturated heterocycles. The van der Waals surface area contributed by atoms with E-state index in [-0.39, 0.29) is 18.3 Å². The van der Waals surface area contributed by atoms with Gasteiger partial charge in [0.1, 0.15) is 0 Å². The van der Waals surface area contributed by atoms with Crippen molar-refractivity contribution in [3.05, 3.63) is 5.82 Å². The highest BCUT2D eigenvalue weighted by molar-refractivity contribution is 5.90. The summed E-state index contributed by atoms with van der Waals surface area (Å²) in [6.45, 7) is 2.83. The number of amides is 1. The van der Waals surface area contributed by atoms with Crippen LogP contribution in [0.3, 0.4) is 0 Å². The third-order valence-electron chi connectivity index (χ3n) is 1.60. The van der Waals surface area contributed by atoms with Gasteiger partial charge in [0.2, 0.25) is 0 Å². The number of hydrogen-bond donors (Lipinski definition) is 1. The van der Waals surface area contributed by atoms with Crippen LogP contribution >= 0.6 is 0 Å². The minimum atomic E-state index is -0.293. The number of aromatic nitrogens is 4. The van der Waals surface area contributed by atoms with E-state index in [1.54, 1.807) is 0 Å². The van der Waals surface area contributed by atoms with Gasteiger partial charge >= 0.3 is 0 Å². The Morgan fingerprint density at radius 3 is 3.00 bits per heavy atom. The van der Waals surface area contributed by atoms with Crippen LogP contribution in [0.4, 0.5) is 0 Å². The largest absolute Gasteiger partial charge is 0.325 e. The standard InChI is InChI=1S/C8H11N5O/c1-3-5-13(6-4-2)8(14)7-9-11-12-10-7/h1H,4-6H2,2H3,(H,9,10,11,12). The van der Waals surface area contributed by atoms with Gasteiger partial charge in [0.15, 0.2) is 0 Å². The Morgan fingerprint density at radius 2 is 2.50 bits per heavy atom. The first-order chi connectivity index (χ1) is 6.79. The van der Waals surface area contributed by atoms with Gasteiger partial charge in [-0.1, -0.05) is 12.8 Å². The number of hydrogen-bond acceptors (Lipinski definition) is 4. The normalized spacial score (nSPS) is 9.43. The molecule has 0 aromatic carbocycles. The molecule has 1 N–H and O–H groups in total. The van der Waals surface area contributed by atoms with Crippen LogP contribution in [0.1, 0.15) is 24.0 Å². The molecule has 1 amide bonds. The van der Waals surface area contributed by atoms with Crippen molar-refractivity contribution in [3.63, 3.8) is 0 Å². The molecule has 0 aliphatic rings. The summed E-state index contributed by atoms with van der Waals surface area (Å²) < 4.78 is 0. The molecule has 0 atom stereocenters. The highest BCUT2D eigenvalue weighted by Gasteiger charge is 2.17. The maximum atomic E-state index is 11.6. The molecule has 0 aliphatic heterocycles. The highest BCUT2D eigenvalue weighted by atomic mass is 16.2. The fraction of sp³-hybridized carbons (Fsp3) is 0.500. The Bertz CT molecular complexity index is 326. The molecular weight excluding hydrogens is 182 g/mol. The number of rotatable bonds is 4. The van der Waals surface area contributed by atoms with Crippen LogP contribution in [0, 0.1) is 12.3 Å². The molecule has 6 heteroatoms. The van der Waals surface area contributed by atoms with Crippen LogP contribution in [-0.4, -0.2) is 44.5 Å². The molecule has 74 valence electrons. The Kier molecular flexibility index (Phi) is 3.61. The number of aromatic amines is 1. The molecule has 0 radical (unpaired) electrons. The number of terminal acetylenes is 1. The van der Waals surface area contributed by atoms with Gasteiger partial charge in [0.25, 0.3) is 11.7 Å². The van der Waals surface area contributed by atoms with Crippen molar-refractivity contribution < 1.29 is 4.79 Å². The molecule has 0 aliphatic carbocycles. The summed E-state index contributed by atoms with van der Waals surface area (Å²) in [5, 5.41) is 12.7. The quantitative estimate of drug-likeness (QED) is 0.665. The lowest BCUT2D eigenvalue weighted by Gasteiger charge is -2.16. The van der Waals surface area contributed by atoms with Crippen molar-refractivity contribution in [2.75, 3.05) is 13.1 Å². The van der Waals surface area contributed by atoms with Crippen LogP contribution in [0.15, 0.2) is 0 Å². The minimum absolute atomic E-state index is 0.0497. The molecule has 1 heterocycles. The predicted octanol–water partition coefficient (Wildman–Crippen LogP) is -0.315. The van der Waals surface area contributed by atoms with Crippen molar-refractivity contribution in [2.24, 2.45) is 0 Å². The van der Waals surface area contributed by atoms with E-state index in [2.05, 4.69) is 26.5 Å². The fourth-order valence-electron chi connectivity index (χ4n) is 1.03. The molecule has 0 spiro atoms. The summed E-state index contributed by atoms with van der Waals surface area (Å²) in [5.41, 5.74) is 0. The first-order valence-corrected chi connectivity index (χ1v) is 4.25. The van der Waals surface area contributed by atoms with Crippen molar-refractivity contribution in [2.45, 2.75) is 13.3 Å². The van der Waals surface area contributed by atoms with E-state index in [4.69, 9.17) is 6.42 Å². The topological polar surface area (TPSA) is 74.8 Å². The van der Waals surface area contributed by atoms with E-state index in [0.29, 0.717) is 6.54 Å². The summed E-state index contributed by atoms with van der Waals surface area (Å²) in [4.78, 5) is 13.1. The molecular formula is C8H11N5O. The number of carbonyl (C=O) groups is 1. The van der Waals surface area contributed by atoms with Crippen LogP contribution in [0.2, 0.25) is 0 Å². The van der Waals surface area contributed by atoms with Gasteiger partial charge < -0.3 is 4.90 Å². The van der Waals surface area contributed by atoms with Gasteiger partial charge in [-0.25, -0.2) is 0 Å². The molecule has 1 aromatic rings. The van der Waals surface area contributed by atoms with Gasteiger partial charge in [-0.2, -0.15) is 5.21 Å². The van der Waals surface area contributed by atoms with Crippen LogP contribution in [-0.2, 0) is 0 Å². The summed E-state index contributed by atoms with van der Waals surface area (Å²) in [6, 6.07) is 0. The van der Waals surface area contributed by atoms with Crippen LogP contribution in [0.25, 0.3) is 0 Å². The lowest BCUT2D eigenvalue weighted by Crippen LogP contribution is -2.32. The number of nitrogens with zero attached hydrogens (tertiary/aromatic N) is 4. The zero-order valence-electron chi connectivity index (χ0n) is 7.90. The van der Waals surface area contributed by atoms with E-state index in [9.17, 15) is 4.79 Å². The lowest BCUT2D eigenvalue weighted by atomic mass is 10.3. The van der Waals surface area contributed by atoms with Gasteiger partial charge in [-0.15, -0.1) is 16.6 Å². The minimum Gasteiger partial charge on any atom is -0.325 e. The average molecular weight is 193 g/mol. The number of carbonyl (C=O) groups excluding carboxylic acids is 1. The Labute approximate surface area is 81.7 Å². The van der Waals surface area contributed by atoms with Crippen molar-refractivity contribution >= 4 is 5.91 Å². The number of H-pyrrole nitrogens is 1. The first kappa shape index (κ1) is 10.2. The Hall–Kier alpha value is -1.90. The first-order valence-electron chi connectivity index (χ1n) is 4.25. The molecule has 0 bridgehead atoms. The van der Waals surface area contributed by atoms with Crippen molar-refractivity contribution in [1.82, 2.24) is 25.5 Å². The molecule has 1 aromatic heterocycles. The number of tetrazole rings is 1.